The maximum Gasteiger partial charge on any atom is 0.442 e. The summed E-state index contributed by atoms with van der Waals surface area (Å²) in [5.41, 5.74) is -2.75. The molecular weight excluding hydrogens is 334 g/mol. The average Bonchev–Trinajstić information content (AvgIpc) is 2.75. The minimum Gasteiger partial charge on any atom is -0.325 e. The number of nitrogens with zero attached hydrogens (tertiary/aromatic N) is 2. The molecule has 0 unspecified atom stereocenters. The van der Waals surface area contributed by atoms with Gasteiger partial charge in [0.15, 0.2) is 5.82 Å². The van der Waals surface area contributed by atoms with Gasteiger partial charge in [-0.05, 0) is 49.9 Å². The van der Waals surface area contributed by atoms with Crippen molar-refractivity contribution < 1.29 is 22.4 Å². The van der Waals surface area contributed by atoms with E-state index in [0.29, 0.717) is 0 Å². The Balaban J connectivity index is 2.11. The summed E-state index contributed by atoms with van der Waals surface area (Å²) in [6, 6.07) is 5.64. The molecule has 0 aliphatic carbocycles. The highest BCUT2D eigenvalue weighted by atomic mass is 32.2. The van der Waals surface area contributed by atoms with Crippen LogP contribution in [0.1, 0.15) is 11.4 Å². The maximum atomic E-state index is 14.2. The lowest BCUT2D eigenvalue weighted by Gasteiger charge is -2.10. The van der Waals surface area contributed by atoms with E-state index in [9.17, 15) is 22.4 Å². The van der Waals surface area contributed by atoms with Crippen LogP contribution in [-0.4, -0.2) is 26.9 Å². The van der Waals surface area contributed by atoms with Crippen molar-refractivity contribution in [3.05, 3.63) is 41.5 Å². The summed E-state index contributed by atoms with van der Waals surface area (Å²) in [4.78, 5) is 11.4. The molecule has 2 aromatic rings. The van der Waals surface area contributed by atoms with Gasteiger partial charge >= 0.3 is 5.51 Å². The van der Waals surface area contributed by atoms with Gasteiger partial charge in [-0.1, -0.05) is 0 Å². The van der Waals surface area contributed by atoms with Gasteiger partial charge in [-0.2, -0.15) is 18.3 Å². The minimum atomic E-state index is -4.48. The van der Waals surface area contributed by atoms with E-state index in [0.717, 1.165) is 17.5 Å². The number of benzene rings is 1. The van der Waals surface area contributed by atoms with Crippen molar-refractivity contribution in [2.45, 2.75) is 19.4 Å². The van der Waals surface area contributed by atoms with E-state index in [1.807, 2.05) is 0 Å². The van der Waals surface area contributed by atoms with Gasteiger partial charge in [-0.15, -0.1) is 0 Å². The van der Waals surface area contributed by atoms with Crippen LogP contribution in [0.2, 0.25) is 0 Å². The van der Waals surface area contributed by atoms with Crippen LogP contribution in [0, 0.1) is 19.7 Å². The first kappa shape index (κ1) is 17.3. The molecule has 1 aromatic carbocycles. The third-order valence-electron chi connectivity index (χ3n) is 2.84. The van der Waals surface area contributed by atoms with Crippen LogP contribution in [0.3, 0.4) is 0 Å². The molecular formula is C14H13F4N3OS. The molecule has 4 nitrogen and oxygen atoms in total. The van der Waals surface area contributed by atoms with Gasteiger partial charge in [0.25, 0.3) is 0 Å². The topological polar surface area (TPSA) is 46.9 Å². The Kier molecular flexibility index (Phi) is 4.98. The number of carbonyl (C=O) groups is 1. The van der Waals surface area contributed by atoms with Crippen molar-refractivity contribution in [3.63, 3.8) is 0 Å². The maximum absolute atomic E-state index is 14.2. The van der Waals surface area contributed by atoms with Crippen molar-refractivity contribution >= 4 is 23.4 Å². The second-order valence-electron chi connectivity index (χ2n) is 4.79. The second-order valence-corrected chi connectivity index (χ2v) is 5.83. The molecule has 0 aliphatic heterocycles. The molecule has 1 aromatic heterocycles. The summed E-state index contributed by atoms with van der Waals surface area (Å²) < 4.78 is 51.6. The zero-order chi connectivity index (χ0) is 17.2. The van der Waals surface area contributed by atoms with E-state index in [1.54, 1.807) is 19.9 Å². The number of hydrogen-bond donors (Lipinski definition) is 1. The van der Waals surface area contributed by atoms with Gasteiger partial charge in [0.1, 0.15) is 5.69 Å². The summed E-state index contributed by atoms with van der Waals surface area (Å²) in [6.07, 6.45) is 0. The fourth-order valence-electron chi connectivity index (χ4n) is 1.97. The molecule has 124 valence electrons. The van der Waals surface area contributed by atoms with Crippen LogP contribution in [0.4, 0.5) is 23.2 Å². The van der Waals surface area contributed by atoms with Crippen molar-refractivity contribution in [1.29, 1.82) is 0 Å². The van der Waals surface area contributed by atoms with Gasteiger partial charge in [0.2, 0.25) is 5.91 Å². The van der Waals surface area contributed by atoms with Gasteiger partial charge in [0.05, 0.1) is 11.4 Å². The fourth-order valence-corrected chi connectivity index (χ4v) is 2.34. The Morgan fingerprint density at radius 3 is 2.52 bits per heavy atom. The molecule has 9 heteroatoms. The zero-order valence-electron chi connectivity index (χ0n) is 12.2. The predicted molar refractivity (Wildman–Crippen MR) is 80.1 cm³/mol. The Morgan fingerprint density at radius 1 is 1.30 bits per heavy atom. The largest absolute Gasteiger partial charge is 0.442 e. The minimum absolute atomic E-state index is 0.0838. The SMILES string of the molecule is Cc1cc(C)n(-c2ccc(NC(=O)CSC(F)(F)F)cc2F)n1. The molecule has 0 radical (unpaired) electrons. The third kappa shape index (κ3) is 4.72. The quantitative estimate of drug-likeness (QED) is 0.856. The number of amides is 1. The smallest absolute Gasteiger partial charge is 0.325 e. The molecule has 2 rings (SSSR count). The number of halogens is 4. The van der Waals surface area contributed by atoms with E-state index in [1.165, 1.54) is 16.8 Å². The van der Waals surface area contributed by atoms with Crippen LogP contribution in [0.5, 0.6) is 0 Å². The molecule has 0 aliphatic rings. The standard InChI is InChI=1S/C14H13F4N3OS/c1-8-5-9(2)21(20-8)12-4-3-10(6-11(12)15)19-13(22)7-23-14(16,17)18/h3-6H,7H2,1-2H3,(H,19,22). The summed E-state index contributed by atoms with van der Waals surface area (Å²) >= 11 is -0.450. The zero-order valence-corrected chi connectivity index (χ0v) is 13.1. The number of aryl methyl sites for hydroxylation is 2. The van der Waals surface area contributed by atoms with Crippen LogP contribution in [0.15, 0.2) is 24.3 Å². The number of anilines is 1. The number of alkyl halides is 3. The lowest BCUT2D eigenvalue weighted by molar-refractivity contribution is -0.114. The van der Waals surface area contributed by atoms with Gasteiger partial charge in [0, 0.05) is 11.4 Å². The number of carbonyl (C=O) groups excluding carboxylic acids is 1. The summed E-state index contributed by atoms with van der Waals surface area (Å²) in [5.74, 6) is -2.28. The summed E-state index contributed by atoms with van der Waals surface area (Å²) in [7, 11) is 0. The molecule has 1 N–H and O–H groups in total. The fraction of sp³-hybridized carbons (Fsp3) is 0.286. The molecule has 1 heterocycles. The molecule has 1 amide bonds. The lowest BCUT2D eigenvalue weighted by Crippen LogP contribution is -2.17. The Labute approximate surface area is 133 Å². The van der Waals surface area contributed by atoms with Crippen molar-refractivity contribution in [3.8, 4) is 5.69 Å². The second kappa shape index (κ2) is 6.61. The first-order valence-corrected chi connectivity index (χ1v) is 7.48. The van der Waals surface area contributed by atoms with E-state index in [-0.39, 0.29) is 11.4 Å². The monoisotopic (exact) mass is 347 g/mol. The van der Waals surface area contributed by atoms with Crippen molar-refractivity contribution in [2.24, 2.45) is 0 Å². The van der Waals surface area contributed by atoms with E-state index < -0.39 is 34.7 Å². The van der Waals surface area contributed by atoms with Crippen molar-refractivity contribution in [2.75, 3.05) is 11.1 Å². The molecule has 0 spiro atoms. The number of rotatable bonds is 4. The van der Waals surface area contributed by atoms with Gasteiger partial charge < -0.3 is 5.32 Å². The number of nitrogens with one attached hydrogen (secondary N) is 1. The molecule has 0 bridgehead atoms. The molecule has 0 fully saturated rings. The first-order chi connectivity index (χ1) is 10.7. The Hall–Kier alpha value is -2.03. The normalized spacial score (nSPS) is 11.6. The van der Waals surface area contributed by atoms with E-state index in [4.69, 9.17) is 0 Å². The van der Waals surface area contributed by atoms with Crippen LogP contribution in [-0.2, 0) is 4.79 Å². The van der Waals surface area contributed by atoms with E-state index >= 15 is 0 Å². The number of thioether (sulfide) groups is 1. The predicted octanol–water partition coefficient (Wildman–Crippen LogP) is 3.82. The molecule has 0 saturated heterocycles. The molecule has 23 heavy (non-hydrogen) atoms. The van der Waals surface area contributed by atoms with E-state index in [2.05, 4.69) is 10.4 Å². The molecule has 0 saturated carbocycles. The first-order valence-electron chi connectivity index (χ1n) is 6.49. The number of aromatic nitrogens is 2. The summed E-state index contributed by atoms with van der Waals surface area (Å²) in [5, 5.41) is 6.37. The van der Waals surface area contributed by atoms with Crippen LogP contribution < -0.4 is 5.32 Å². The highest BCUT2D eigenvalue weighted by Gasteiger charge is 2.29. The average molecular weight is 347 g/mol. The third-order valence-corrected chi connectivity index (χ3v) is 3.57. The highest BCUT2D eigenvalue weighted by Crippen LogP contribution is 2.30. The Morgan fingerprint density at radius 2 is 2.00 bits per heavy atom. The lowest BCUT2D eigenvalue weighted by atomic mass is 10.2. The molecule has 0 atom stereocenters. The van der Waals surface area contributed by atoms with Crippen molar-refractivity contribution in [1.82, 2.24) is 9.78 Å². The number of hydrogen-bond acceptors (Lipinski definition) is 3. The van der Waals surface area contributed by atoms with Crippen LogP contribution >= 0.6 is 11.8 Å². The van der Waals surface area contributed by atoms with Crippen LogP contribution in [0.25, 0.3) is 5.69 Å². The highest BCUT2D eigenvalue weighted by molar-refractivity contribution is 8.00. The Bertz CT molecular complexity index is 727. The van der Waals surface area contributed by atoms with Gasteiger partial charge in [-0.25, -0.2) is 9.07 Å². The summed E-state index contributed by atoms with van der Waals surface area (Å²) in [6.45, 7) is 3.54. The van der Waals surface area contributed by atoms with Gasteiger partial charge in [-0.3, -0.25) is 4.79 Å².